The SMILES string of the molecule is Nc1cnc(-c2ccc(-c3ccccc3Sc3ccncn3)cc2F)cn1.Nc1ncc(-c2ccc(-c3ccccc3S(=O)(=O)N3CCC(O)(C(F)(F)C(F)(F)F)CC3)cc2F)cn1. The molecule has 0 unspecified atom stereocenters. The van der Waals surface area contributed by atoms with Crippen molar-refractivity contribution >= 4 is 33.6 Å². The number of halogens is 7. The average molecular weight is 922 g/mol. The van der Waals surface area contributed by atoms with Crippen molar-refractivity contribution in [3.8, 4) is 44.6 Å². The highest BCUT2D eigenvalue weighted by Crippen LogP contribution is 2.48. The first-order valence-corrected chi connectivity index (χ1v) is 21.2. The largest absolute Gasteiger partial charge is 0.456 e. The number of nitrogens with two attached hydrogens (primary N) is 2. The Labute approximate surface area is 365 Å². The van der Waals surface area contributed by atoms with E-state index in [2.05, 4.69) is 29.9 Å². The smallest absolute Gasteiger partial charge is 0.383 e. The number of anilines is 2. The van der Waals surface area contributed by atoms with Crippen LogP contribution in [0.25, 0.3) is 44.6 Å². The second-order valence-corrected chi connectivity index (χ2v) is 17.2. The second-order valence-electron chi connectivity index (χ2n) is 14.2. The number of hydrogen-bond acceptors (Lipinski definition) is 12. The molecule has 0 atom stereocenters. The third-order valence-corrected chi connectivity index (χ3v) is 13.1. The highest BCUT2D eigenvalue weighted by atomic mass is 32.2. The van der Waals surface area contributed by atoms with Gasteiger partial charge in [0.1, 0.15) is 34.4 Å². The molecule has 4 heterocycles. The molecule has 1 aliphatic heterocycles. The van der Waals surface area contributed by atoms with Crippen LogP contribution in [0.5, 0.6) is 0 Å². The van der Waals surface area contributed by atoms with Crippen molar-refractivity contribution in [3.63, 3.8) is 0 Å². The summed E-state index contributed by atoms with van der Waals surface area (Å²) >= 11 is 1.51. The third kappa shape index (κ3) is 9.51. The zero-order valence-electron chi connectivity index (χ0n) is 33.0. The van der Waals surface area contributed by atoms with Crippen LogP contribution in [0.2, 0.25) is 0 Å². The number of aliphatic hydroxyl groups is 1. The van der Waals surface area contributed by atoms with Gasteiger partial charge in [-0.15, -0.1) is 0 Å². The topological polar surface area (TPSA) is 187 Å². The van der Waals surface area contributed by atoms with E-state index in [4.69, 9.17) is 11.5 Å². The maximum absolute atomic E-state index is 15.0. The van der Waals surface area contributed by atoms with Crippen LogP contribution in [0, 0.1) is 11.6 Å². The second kappa shape index (κ2) is 18.3. The fourth-order valence-corrected chi connectivity index (χ4v) is 9.30. The lowest BCUT2D eigenvalue weighted by Gasteiger charge is -2.42. The molecule has 1 aliphatic rings. The Hall–Kier alpha value is -6.55. The standard InChI is InChI=1S/C23H20F6N4O3S.C20H14FN5S/c24-18-11-14(5-6-16(18)15-12-31-20(30)32-13-15)17-3-1-2-4-19(17)37(35,36)33-9-7-21(34,8-10-33)22(25,26)23(27,28)29;21-16-9-13(5-6-15(16)17-10-25-19(22)11-24-17)14-3-1-2-4-18(14)27-20-7-8-23-12-26-20/h1-6,11-13,34H,7-10H2,(H2,30,31,32);1-12H,(H2,22,25). The van der Waals surface area contributed by atoms with Crippen molar-refractivity contribution < 1.29 is 44.3 Å². The van der Waals surface area contributed by atoms with Crippen molar-refractivity contribution in [1.82, 2.24) is 34.2 Å². The quantitative estimate of drug-likeness (QED) is 0.0925. The number of nitrogen functional groups attached to an aromatic ring is 2. The summed E-state index contributed by atoms with van der Waals surface area (Å²) in [6, 6.07) is 24.2. The molecule has 64 heavy (non-hydrogen) atoms. The van der Waals surface area contributed by atoms with E-state index in [1.54, 1.807) is 12.3 Å². The molecule has 1 saturated heterocycles. The lowest BCUT2D eigenvalue weighted by atomic mass is 9.85. The van der Waals surface area contributed by atoms with Crippen molar-refractivity contribution in [3.05, 3.63) is 140 Å². The predicted molar refractivity (Wildman–Crippen MR) is 225 cm³/mol. The van der Waals surface area contributed by atoms with E-state index in [-0.39, 0.29) is 33.4 Å². The average Bonchev–Trinajstić information content (AvgIpc) is 3.27. The van der Waals surface area contributed by atoms with Gasteiger partial charge in [0.05, 0.1) is 23.0 Å². The van der Waals surface area contributed by atoms with Crippen LogP contribution in [0.4, 0.5) is 42.5 Å². The number of rotatable bonds is 9. The molecule has 0 radical (unpaired) electrons. The van der Waals surface area contributed by atoms with Crippen LogP contribution in [0.1, 0.15) is 12.8 Å². The molecule has 12 nitrogen and oxygen atoms in total. The minimum atomic E-state index is -6.00. The highest BCUT2D eigenvalue weighted by Gasteiger charge is 2.70. The van der Waals surface area contributed by atoms with Gasteiger partial charge in [0.15, 0.2) is 0 Å². The number of nitrogens with zero attached hydrogens (tertiary/aromatic N) is 7. The predicted octanol–water partition coefficient (Wildman–Crippen LogP) is 8.72. The van der Waals surface area contributed by atoms with E-state index in [1.165, 1.54) is 85.3 Å². The monoisotopic (exact) mass is 921 g/mol. The summed E-state index contributed by atoms with van der Waals surface area (Å²) in [6.07, 6.45) is 0.457. The van der Waals surface area contributed by atoms with Crippen LogP contribution < -0.4 is 11.5 Å². The number of benzene rings is 4. The molecule has 3 aromatic heterocycles. The Morgan fingerprint density at radius 1 is 0.672 bits per heavy atom. The molecule has 5 N–H and O–H groups in total. The first-order valence-electron chi connectivity index (χ1n) is 18.9. The van der Waals surface area contributed by atoms with Crippen LogP contribution in [-0.2, 0) is 10.0 Å². The molecule has 7 aromatic rings. The lowest BCUT2D eigenvalue weighted by Crippen LogP contribution is -2.61. The molecule has 0 spiro atoms. The number of hydrogen-bond donors (Lipinski definition) is 3. The van der Waals surface area contributed by atoms with Crippen LogP contribution in [0.15, 0.2) is 143 Å². The Morgan fingerprint density at radius 2 is 1.28 bits per heavy atom. The molecule has 330 valence electrons. The van der Waals surface area contributed by atoms with Crippen molar-refractivity contribution in [2.24, 2.45) is 0 Å². The minimum Gasteiger partial charge on any atom is -0.383 e. The number of aromatic nitrogens is 6. The van der Waals surface area contributed by atoms with Gasteiger partial charge in [-0.25, -0.2) is 42.1 Å². The van der Waals surface area contributed by atoms with Crippen LogP contribution in [0.3, 0.4) is 0 Å². The van der Waals surface area contributed by atoms with E-state index in [0.717, 1.165) is 31.4 Å². The van der Waals surface area contributed by atoms with Gasteiger partial charge in [-0.05, 0) is 65.9 Å². The van der Waals surface area contributed by atoms with E-state index in [9.17, 15) is 44.3 Å². The minimum absolute atomic E-state index is 0.00168. The molecule has 4 aromatic carbocycles. The Morgan fingerprint density at radius 3 is 1.88 bits per heavy atom. The highest BCUT2D eigenvalue weighted by molar-refractivity contribution is 7.99. The van der Waals surface area contributed by atoms with Crippen molar-refractivity contribution in [1.29, 1.82) is 0 Å². The fraction of sp³-hybridized carbons (Fsp3) is 0.163. The molecule has 0 aliphatic carbocycles. The van der Waals surface area contributed by atoms with E-state index in [1.807, 2.05) is 36.4 Å². The molecule has 0 amide bonds. The van der Waals surface area contributed by atoms with Gasteiger partial charge >= 0.3 is 12.1 Å². The van der Waals surface area contributed by atoms with Crippen molar-refractivity contribution in [2.75, 3.05) is 24.6 Å². The van der Waals surface area contributed by atoms with Gasteiger partial charge < -0.3 is 16.6 Å². The number of sulfonamides is 1. The normalized spacial score (nSPS) is 14.4. The summed E-state index contributed by atoms with van der Waals surface area (Å²) in [5.74, 6) is -6.20. The van der Waals surface area contributed by atoms with Gasteiger partial charge in [-0.1, -0.05) is 66.4 Å². The van der Waals surface area contributed by atoms with Gasteiger partial charge in [0.25, 0.3) is 0 Å². The van der Waals surface area contributed by atoms with Crippen LogP contribution >= 0.6 is 11.8 Å². The van der Waals surface area contributed by atoms with Gasteiger partial charge in [-0.3, -0.25) is 4.98 Å². The molecular formula is C43H34F7N9O3S2. The first kappa shape index (κ1) is 45.5. The molecule has 0 bridgehead atoms. The van der Waals surface area contributed by atoms with Gasteiger partial charge in [-0.2, -0.15) is 26.3 Å². The fourth-order valence-electron chi connectivity index (χ4n) is 6.75. The third-order valence-electron chi connectivity index (χ3n) is 10.1. The first-order chi connectivity index (χ1) is 30.4. The molecule has 21 heteroatoms. The molecular weight excluding hydrogens is 888 g/mol. The summed E-state index contributed by atoms with van der Waals surface area (Å²) in [5.41, 5.74) is 10.8. The number of piperidine rings is 1. The zero-order chi connectivity index (χ0) is 45.9. The number of alkyl halides is 5. The van der Waals surface area contributed by atoms with Gasteiger partial charge in [0.2, 0.25) is 16.0 Å². The Kier molecular flexibility index (Phi) is 13.0. The summed E-state index contributed by atoms with van der Waals surface area (Å²) in [6.45, 7) is -1.55. The van der Waals surface area contributed by atoms with E-state index in [0.29, 0.717) is 22.6 Å². The molecule has 0 saturated carbocycles. The molecule has 1 fully saturated rings. The maximum Gasteiger partial charge on any atom is 0.456 e. The van der Waals surface area contributed by atoms with Crippen molar-refractivity contribution in [2.45, 2.75) is 45.4 Å². The van der Waals surface area contributed by atoms with E-state index < -0.39 is 59.5 Å². The lowest BCUT2D eigenvalue weighted by molar-refractivity contribution is -0.346. The maximum atomic E-state index is 15.0. The summed E-state index contributed by atoms with van der Waals surface area (Å²) in [4.78, 5) is 24.6. The Bertz CT molecular complexity index is 2870. The molecule has 8 rings (SSSR count). The summed E-state index contributed by atoms with van der Waals surface area (Å²) < 4.78 is 123. The Balaban J connectivity index is 0.000000201. The van der Waals surface area contributed by atoms with Crippen LogP contribution in [-0.4, -0.2) is 78.5 Å². The zero-order valence-corrected chi connectivity index (χ0v) is 34.6. The summed E-state index contributed by atoms with van der Waals surface area (Å²) in [7, 11) is -4.41. The summed E-state index contributed by atoms with van der Waals surface area (Å²) in [5, 5.41) is 10.9. The van der Waals surface area contributed by atoms with E-state index >= 15 is 0 Å². The van der Waals surface area contributed by atoms with Gasteiger partial charge in [0, 0.05) is 58.8 Å².